The van der Waals surface area contributed by atoms with Crippen molar-refractivity contribution in [3.63, 3.8) is 0 Å². The van der Waals surface area contributed by atoms with Crippen molar-refractivity contribution in [3.8, 4) is 5.75 Å². The van der Waals surface area contributed by atoms with Crippen LogP contribution < -0.4 is 4.74 Å². The van der Waals surface area contributed by atoms with Crippen LogP contribution in [0.15, 0.2) is 24.3 Å². The average molecular weight is 307 g/mol. The summed E-state index contributed by atoms with van der Waals surface area (Å²) in [5, 5.41) is 10.3. The minimum Gasteiger partial charge on any atom is -0.494 e. The molecule has 1 N–H and O–H groups in total. The van der Waals surface area contributed by atoms with E-state index in [0.29, 0.717) is 12.1 Å². The Bertz CT molecular complexity index is 565. The van der Waals surface area contributed by atoms with Crippen LogP contribution in [0.1, 0.15) is 31.2 Å². The van der Waals surface area contributed by atoms with Gasteiger partial charge >= 0.3 is 0 Å². The van der Waals surface area contributed by atoms with E-state index >= 15 is 0 Å². The van der Waals surface area contributed by atoms with Gasteiger partial charge in [0.2, 0.25) is 5.91 Å². The van der Waals surface area contributed by atoms with Crippen LogP contribution in [-0.2, 0) is 4.79 Å². The Morgan fingerprint density at radius 2 is 2.14 bits per heavy atom. The predicted molar refractivity (Wildman–Crippen MR) is 83.0 cm³/mol. The van der Waals surface area contributed by atoms with E-state index < -0.39 is 11.4 Å². The number of halogens is 1. The molecule has 5 heteroatoms. The molecule has 4 nitrogen and oxygen atoms in total. The maximum atomic E-state index is 13.6. The Morgan fingerprint density at radius 1 is 1.45 bits per heavy atom. The molecule has 1 amide bonds. The fourth-order valence-corrected chi connectivity index (χ4v) is 2.79. The number of hydrogen-bond acceptors (Lipinski definition) is 3. The van der Waals surface area contributed by atoms with Crippen LogP contribution in [0.5, 0.6) is 5.75 Å². The minimum absolute atomic E-state index is 0.170. The molecule has 1 aromatic carbocycles. The van der Waals surface area contributed by atoms with Gasteiger partial charge in [-0.1, -0.05) is 18.9 Å². The second-order valence-electron chi connectivity index (χ2n) is 5.85. The van der Waals surface area contributed by atoms with Gasteiger partial charge in [-0.15, -0.1) is 0 Å². The molecule has 1 fully saturated rings. The van der Waals surface area contributed by atoms with E-state index in [9.17, 15) is 14.3 Å². The van der Waals surface area contributed by atoms with Crippen LogP contribution in [0.3, 0.4) is 0 Å². The Hall–Kier alpha value is -1.88. The first-order chi connectivity index (χ1) is 10.4. The Morgan fingerprint density at radius 3 is 2.73 bits per heavy atom. The number of benzene rings is 1. The second-order valence-corrected chi connectivity index (χ2v) is 5.85. The lowest BCUT2D eigenvalue weighted by atomic mass is 10.0. The molecule has 0 aromatic heterocycles. The molecule has 0 heterocycles. The first-order valence-electron chi connectivity index (χ1n) is 7.43. The van der Waals surface area contributed by atoms with Gasteiger partial charge < -0.3 is 14.7 Å². The number of rotatable bonds is 5. The van der Waals surface area contributed by atoms with Crippen LogP contribution in [0.2, 0.25) is 0 Å². The van der Waals surface area contributed by atoms with Crippen molar-refractivity contribution >= 4 is 12.0 Å². The number of carbonyl (C=O) groups excluding carboxylic acids is 1. The zero-order chi connectivity index (χ0) is 16.2. The van der Waals surface area contributed by atoms with Gasteiger partial charge in [0.05, 0.1) is 12.7 Å². The quantitative estimate of drug-likeness (QED) is 0.851. The van der Waals surface area contributed by atoms with Crippen molar-refractivity contribution < 1.29 is 19.0 Å². The number of likely N-dealkylation sites (N-methyl/N-ethyl adjacent to an activating group) is 1. The third kappa shape index (κ3) is 4.07. The van der Waals surface area contributed by atoms with Crippen LogP contribution in [-0.4, -0.2) is 42.2 Å². The summed E-state index contributed by atoms with van der Waals surface area (Å²) in [6, 6.07) is 4.51. The van der Waals surface area contributed by atoms with Crippen LogP contribution in [0.25, 0.3) is 6.08 Å². The third-order valence-electron chi connectivity index (χ3n) is 4.04. The summed E-state index contributed by atoms with van der Waals surface area (Å²) >= 11 is 0. The summed E-state index contributed by atoms with van der Waals surface area (Å²) in [5.74, 6) is -0.508. The lowest BCUT2D eigenvalue weighted by Gasteiger charge is -2.27. The lowest BCUT2D eigenvalue weighted by Crippen LogP contribution is -2.41. The molecular weight excluding hydrogens is 285 g/mol. The molecule has 0 bridgehead atoms. The highest BCUT2D eigenvalue weighted by molar-refractivity contribution is 5.91. The van der Waals surface area contributed by atoms with E-state index in [1.807, 2.05) is 0 Å². The SMILES string of the molecule is COc1ccc(/C=C/C(=O)N(C)CC2(O)CCCC2)cc1F. The topological polar surface area (TPSA) is 49.8 Å². The van der Waals surface area contributed by atoms with E-state index in [1.165, 1.54) is 30.2 Å². The number of hydrogen-bond donors (Lipinski definition) is 1. The molecule has 1 aliphatic rings. The molecule has 0 saturated heterocycles. The lowest BCUT2D eigenvalue weighted by molar-refractivity contribution is -0.127. The minimum atomic E-state index is -0.759. The standard InChI is InChI=1S/C17H22FNO3/c1-19(12-17(21)9-3-4-10-17)16(20)8-6-13-5-7-15(22-2)14(18)11-13/h5-8,11,21H,3-4,9-10,12H2,1-2H3/b8-6+. The maximum Gasteiger partial charge on any atom is 0.246 e. The summed E-state index contributed by atoms with van der Waals surface area (Å²) in [5.41, 5.74) is -0.176. The Labute approximate surface area is 130 Å². The molecule has 22 heavy (non-hydrogen) atoms. The van der Waals surface area contributed by atoms with Gasteiger partial charge in [-0.25, -0.2) is 4.39 Å². The molecule has 0 aliphatic heterocycles. The van der Waals surface area contributed by atoms with Gasteiger partial charge in [0, 0.05) is 19.7 Å². The van der Waals surface area contributed by atoms with E-state index in [2.05, 4.69) is 0 Å². The highest BCUT2D eigenvalue weighted by atomic mass is 19.1. The van der Waals surface area contributed by atoms with Crippen molar-refractivity contribution in [1.82, 2.24) is 4.90 Å². The molecule has 0 unspecified atom stereocenters. The van der Waals surface area contributed by atoms with Gasteiger partial charge in [0.15, 0.2) is 11.6 Å². The summed E-state index contributed by atoms with van der Waals surface area (Å²) < 4.78 is 18.4. The van der Waals surface area contributed by atoms with Gasteiger partial charge in [-0.05, 0) is 36.6 Å². The van der Waals surface area contributed by atoms with Crippen LogP contribution in [0, 0.1) is 5.82 Å². The third-order valence-corrected chi connectivity index (χ3v) is 4.04. The van der Waals surface area contributed by atoms with E-state index in [-0.39, 0.29) is 11.7 Å². The van der Waals surface area contributed by atoms with Gasteiger partial charge in [-0.2, -0.15) is 0 Å². The molecule has 1 aliphatic carbocycles. The molecule has 0 radical (unpaired) electrons. The molecule has 2 rings (SSSR count). The number of aliphatic hydroxyl groups is 1. The van der Waals surface area contributed by atoms with Crippen LogP contribution >= 0.6 is 0 Å². The Balaban J connectivity index is 1.97. The van der Waals surface area contributed by atoms with Gasteiger partial charge in [-0.3, -0.25) is 4.79 Å². The fraction of sp³-hybridized carbons (Fsp3) is 0.471. The van der Waals surface area contributed by atoms with Gasteiger partial charge in [0.25, 0.3) is 0 Å². The number of carbonyl (C=O) groups is 1. The molecule has 1 aromatic rings. The maximum absolute atomic E-state index is 13.6. The number of methoxy groups -OCH3 is 1. The molecule has 0 atom stereocenters. The predicted octanol–water partition coefficient (Wildman–Crippen LogP) is 2.61. The second kappa shape index (κ2) is 6.92. The molecule has 1 saturated carbocycles. The molecule has 120 valence electrons. The molecule has 0 spiro atoms. The number of ether oxygens (including phenoxy) is 1. The summed E-state index contributed by atoms with van der Waals surface area (Å²) in [4.78, 5) is 13.6. The summed E-state index contributed by atoms with van der Waals surface area (Å²) in [6.07, 6.45) is 6.41. The van der Waals surface area contributed by atoms with E-state index in [4.69, 9.17) is 4.74 Å². The summed E-state index contributed by atoms with van der Waals surface area (Å²) in [6.45, 7) is 0.327. The normalized spacial score (nSPS) is 16.9. The Kier molecular flexibility index (Phi) is 5.19. The zero-order valence-electron chi connectivity index (χ0n) is 13.0. The van der Waals surface area contributed by atoms with Crippen molar-refractivity contribution in [1.29, 1.82) is 0 Å². The van der Waals surface area contributed by atoms with E-state index in [1.54, 1.807) is 19.2 Å². The van der Waals surface area contributed by atoms with Crippen LogP contribution in [0.4, 0.5) is 4.39 Å². The van der Waals surface area contributed by atoms with Crippen molar-refractivity contribution in [3.05, 3.63) is 35.7 Å². The first kappa shape index (κ1) is 16.5. The largest absolute Gasteiger partial charge is 0.494 e. The average Bonchev–Trinajstić information content (AvgIpc) is 2.91. The van der Waals surface area contributed by atoms with Gasteiger partial charge in [0.1, 0.15) is 0 Å². The number of nitrogens with zero attached hydrogens (tertiary/aromatic N) is 1. The molecular formula is C17H22FNO3. The van der Waals surface area contributed by atoms with Crippen molar-refractivity contribution in [2.45, 2.75) is 31.3 Å². The van der Waals surface area contributed by atoms with Crippen molar-refractivity contribution in [2.24, 2.45) is 0 Å². The monoisotopic (exact) mass is 307 g/mol. The number of amides is 1. The zero-order valence-corrected chi connectivity index (χ0v) is 13.0. The fourth-order valence-electron chi connectivity index (χ4n) is 2.79. The van der Waals surface area contributed by atoms with E-state index in [0.717, 1.165) is 25.7 Å². The summed E-state index contributed by atoms with van der Waals surface area (Å²) in [7, 11) is 3.07. The van der Waals surface area contributed by atoms with Crippen molar-refractivity contribution in [2.75, 3.05) is 20.7 Å². The smallest absolute Gasteiger partial charge is 0.246 e. The highest BCUT2D eigenvalue weighted by Crippen LogP contribution is 2.30. The first-order valence-corrected chi connectivity index (χ1v) is 7.43. The highest BCUT2D eigenvalue weighted by Gasteiger charge is 2.32.